The summed E-state index contributed by atoms with van der Waals surface area (Å²) in [5.74, 6) is -0.665. The van der Waals surface area contributed by atoms with Gasteiger partial charge in [-0.1, -0.05) is 48.2 Å². The smallest absolute Gasteiger partial charge is 0.254 e. The van der Waals surface area contributed by atoms with Gasteiger partial charge >= 0.3 is 0 Å². The highest BCUT2D eigenvalue weighted by molar-refractivity contribution is 8.03. The number of nitriles is 1. The summed E-state index contributed by atoms with van der Waals surface area (Å²) in [5.41, 5.74) is 5.63. The van der Waals surface area contributed by atoms with Crippen LogP contribution in [-0.2, 0) is 9.59 Å². The summed E-state index contributed by atoms with van der Waals surface area (Å²) in [5, 5.41) is 19.8. The summed E-state index contributed by atoms with van der Waals surface area (Å²) in [4.78, 5) is 26.3. The number of hydrogen-bond donors (Lipinski definition) is 3. The maximum absolute atomic E-state index is 13.6. The summed E-state index contributed by atoms with van der Waals surface area (Å²) in [7, 11) is 0. The number of nitrogens with one attached hydrogen (secondary N) is 3. The first-order chi connectivity index (χ1) is 17.8. The molecule has 3 N–H and O–H groups in total. The molecular formula is C29H28N4O3S. The maximum atomic E-state index is 13.6. The molecule has 0 bridgehead atoms. The van der Waals surface area contributed by atoms with Gasteiger partial charge in [-0.15, -0.1) is 0 Å². The number of hydrogen-bond acceptors (Lipinski definition) is 6. The van der Waals surface area contributed by atoms with E-state index in [1.54, 1.807) is 19.1 Å². The highest BCUT2D eigenvalue weighted by atomic mass is 32.2. The van der Waals surface area contributed by atoms with Gasteiger partial charge in [-0.2, -0.15) is 5.26 Å². The fourth-order valence-corrected chi connectivity index (χ4v) is 5.19. The number of anilines is 2. The summed E-state index contributed by atoms with van der Waals surface area (Å²) in [6, 6.07) is 19.1. The van der Waals surface area contributed by atoms with Gasteiger partial charge in [0, 0.05) is 17.1 Å². The predicted octanol–water partition coefficient (Wildman–Crippen LogP) is 5.91. The quantitative estimate of drug-likeness (QED) is 0.363. The summed E-state index contributed by atoms with van der Waals surface area (Å²) >= 11 is 1.22. The van der Waals surface area contributed by atoms with E-state index in [4.69, 9.17) is 4.42 Å². The summed E-state index contributed by atoms with van der Waals surface area (Å²) in [6.45, 7) is 7.58. The molecule has 2 aromatic carbocycles. The molecule has 1 aromatic heterocycles. The minimum atomic E-state index is -0.715. The molecule has 0 saturated heterocycles. The Bertz CT molecular complexity index is 1430. The number of dihydropyridines is 1. The SMILES string of the molecule is CC1=C(C(=O)Nc2c(C)cccc2C)[C@H](c2ccco2)C(C#N)=C(SCC(=O)Nc2ccccc2C)N1. The first-order valence-corrected chi connectivity index (χ1v) is 12.8. The number of aryl methyl sites for hydroxylation is 3. The van der Waals surface area contributed by atoms with E-state index >= 15 is 0 Å². The van der Waals surface area contributed by atoms with Crippen LogP contribution in [0.15, 0.2) is 87.1 Å². The van der Waals surface area contributed by atoms with E-state index in [0.29, 0.717) is 27.6 Å². The van der Waals surface area contributed by atoms with Crippen LogP contribution < -0.4 is 16.0 Å². The van der Waals surface area contributed by atoms with Crippen LogP contribution in [0.25, 0.3) is 0 Å². The predicted molar refractivity (Wildman–Crippen MR) is 147 cm³/mol. The number of thioether (sulfide) groups is 1. The van der Waals surface area contributed by atoms with Crippen LogP contribution in [-0.4, -0.2) is 17.6 Å². The van der Waals surface area contributed by atoms with E-state index in [9.17, 15) is 14.9 Å². The Morgan fingerprint density at radius 3 is 2.32 bits per heavy atom. The normalized spacial score (nSPS) is 15.2. The van der Waals surface area contributed by atoms with Gasteiger partial charge in [-0.3, -0.25) is 9.59 Å². The standard InChI is InChI=1S/C29H28N4O3S/c1-17-9-5-6-12-22(17)32-24(34)16-37-29-21(15-30)26(23-13-8-14-36-23)25(20(4)31-29)28(35)33-27-18(2)10-7-11-19(27)3/h5-14,26,31H,16H2,1-4H3,(H,32,34)(H,33,35)/t26-/m0/s1. The van der Waals surface area contributed by atoms with E-state index in [1.807, 2.05) is 63.2 Å². The molecule has 1 aliphatic rings. The lowest BCUT2D eigenvalue weighted by Gasteiger charge is -2.28. The summed E-state index contributed by atoms with van der Waals surface area (Å²) < 4.78 is 5.68. The minimum absolute atomic E-state index is 0.0872. The van der Waals surface area contributed by atoms with Gasteiger partial charge in [0.15, 0.2) is 0 Å². The molecule has 0 aliphatic carbocycles. The van der Waals surface area contributed by atoms with Gasteiger partial charge < -0.3 is 20.4 Å². The van der Waals surface area contributed by atoms with Crippen LogP contribution in [0.4, 0.5) is 11.4 Å². The molecule has 188 valence electrons. The van der Waals surface area contributed by atoms with Crippen molar-refractivity contribution in [3.8, 4) is 6.07 Å². The minimum Gasteiger partial charge on any atom is -0.468 e. The number of para-hydroxylation sites is 2. The molecule has 0 unspecified atom stereocenters. The van der Waals surface area contributed by atoms with Crippen molar-refractivity contribution in [2.75, 3.05) is 16.4 Å². The average Bonchev–Trinajstić information content (AvgIpc) is 3.40. The first kappa shape index (κ1) is 25.9. The molecule has 0 spiro atoms. The monoisotopic (exact) mass is 512 g/mol. The Balaban J connectivity index is 1.61. The van der Waals surface area contributed by atoms with Crippen LogP contribution in [0.5, 0.6) is 0 Å². The van der Waals surface area contributed by atoms with Gasteiger partial charge in [-0.25, -0.2) is 0 Å². The zero-order chi connectivity index (χ0) is 26.5. The van der Waals surface area contributed by atoms with Crippen molar-refractivity contribution in [3.63, 3.8) is 0 Å². The Morgan fingerprint density at radius 2 is 1.68 bits per heavy atom. The second-order valence-electron chi connectivity index (χ2n) is 8.84. The molecule has 0 radical (unpaired) electrons. The largest absolute Gasteiger partial charge is 0.468 e. The van der Waals surface area contributed by atoms with E-state index in [2.05, 4.69) is 22.0 Å². The zero-order valence-corrected chi connectivity index (χ0v) is 22.0. The maximum Gasteiger partial charge on any atom is 0.254 e. The van der Waals surface area contributed by atoms with Crippen LogP contribution in [0.2, 0.25) is 0 Å². The fraction of sp³-hybridized carbons (Fsp3) is 0.207. The number of carbonyl (C=O) groups excluding carboxylic acids is 2. The molecule has 1 aliphatic heterocycles. The number of allylic oxidation sites excluding steroid dienone is 2. The van der Waals surface area contributed by atoms with Crippen molar-refractivity contribution in [1.82, 2.24) is 5.32 Å². The highest BCUT2D eigenvalue weighted by Crippen LogP contribution is 2.41. The number of nitrogens with zero attached hydrogens (tertiary/aromatic N) is 1. The van der Waals surface area contributed by atoms with Crippen molar-refractivity contribution >= 4 is 35.0 Å². The number of amides is 2. The Morgan fingerprint density at radius 1 is 0.973 bits per heavy atom. The lowest BCUT2D eigenvalue weighted by atomic mass is 9.85. The van der Waals surface area contributed by atoms with E-state index < -0.39 is 5.92 Å². The molecule has 3 aromatic rings. The second kappa shape index (κ2) is 11.2. The van der Waals surface area contributed by atoms with Crippen molar-refractivity contribution < 1.29 is 14.0 Å². The molecule has 0 fully saturated rings. The Kier molecular flexibility index (Phi) is 7.85. The lowest BCUT2D eigenvalue weighted by molar-refractivity contribution is -0.114. The Hall–Kier alpha value is -4.22. The van der Waals surface area contributed by atoms with Gasteiger partial charge in [0.1, 0.15) is 5.76 Å². The molecule has 1 atom stereocenters. The summed E-state index contributed by atoms with van der Waals surface area (Å²) in [6.07, 6.45) is 1.52. The molecular weight excluding hydrogens is 484 g/mol. The molecule has 37 heavy (non-hydrogen) atoms. The van der Waals surface area contributed by atoms with E-state index in [1.165, 1.54) is 18.0 Å². The Labute approximate surface area is 220 Å². The van der Waals surface area contributed by atoms with Crippen molar-refractivity contribution in [2.24, 2.45) is 0 Å². The molecule has 7 nitrogen and oxygen atoms in total. The van der Waals surface area contributed by atoms with Gasteiger partial charge in [0.05, 0.1) is 40.2 Å². The number of rotatable bonds is 7. The number of carbonyl (C=O) groups is 2. The zero-order valence-electron chi connectivity index (χ0n) is 21.1. The average molecular weight is 513 g/mol. The van der Waals surface area contributed by atoms with Gasteiger partial charge in [-0.05, 0) is 62.6 Å². The van der Waals surface area contributed by atoms with Crippen LogP contribution in [0, 0.1) is 32.1 Å². The molecule has 4 rings (SSSR count). The fourth-order valence-electron chi connectivity index (χ4n) is 4.30. The van der Waals surface area contributed by atoms with Gasteiger partial charge in [0.25, 0.3) is 5.91 Å². The number of furan rings is 1. The van der Waals surface area contributed by atoms with Gasteiger partial charge in [0.2, 0.25) is 5.91 Å². The van der Waals surface area contributed by atoms with Crippen molar-refractivity contribution in [3.05, 3.63) is 105 Å². The van der Waals surface area contributed by atoms with Crippen LogP contribution in [0.1, 0.15) is 35.3 Å². The van der Waals surface area contributed by atoms with E-state index in [-0.39, 0.29) is 17.6 Å². The second-order valence-corrected chi connectivity index (χ2v) is 9.83. The highest BCUT2D eigenvalue weighted by Gasteiger charge is 2.36. The topological polar surface area (TPSA) is 107 Å². The third-order valence-electron chi connectivity index (χ3n) is 6.21. The van der Waals surface area contributed by atoms with Crippen molar-refractivity contribution in [1.29, 1.82) is 5.26 Å². The first-order valence-electron chi connectivity index (χ1n) is 11.8. The molecule has 2 heterocycles. The molecule has 8 heteroatoms. The molecule has 2 amide bonds. The van der Waals surface area contributed by atoms with Crippen LogP contribution in [0.3, 0.4) is 0 Å². The van der Waals surface area contributed by atoms with Crippen LogP contribution >= 0.6 is 11.8 Å². The third kappa shape index (κ3) is 5.63. The lowest BCUT2D eigenvalue weighted by Crippen LogP contribution is -2.31. The third-order valence-corrected chi connectivity index (χ3v) is 7.22. The molecule has 0 saturated carbocycles. The number of benzene rings is 2. The van der Waals surface area contributed by atoms with Crippen molar-refractivity contribution in [2.45, 2.75) is 33.6 Å². The van der Waals surface area contributed by atoms with E-state index in [0.717, 1.165) is 28.1 Å².